The molecule has 0 saturated carbocycles. The fourth-order valence-electron chi connectivity index (χ4n) is 3.61. The monoisotopic (exact) mass is 370 g/mol. The van der Waals surface area contributed by atoms with Crippen LogP contribution in [0.4, 0.5) is 5.69 Å². The molecule has 0 radical (unpaired) electrons. The molecule has 1 fully saturated rings. The van der Waals surface area contributed by atoms with E-state index in [-0.39, 0.29) is 12.2 Å². The van der Waals surface area contributed by atoms with E-state index in [0.29, 0.717) is 36.0 Å². The Bertz CT molecular complexity index is 857. The molecule has 1 N–H and O–H groups in total. The normalized spacial score (nSPS) is 17.5. The van der Waals surface area contributed by atoms with Crippen molar-refractivity contribution in [2.24, 2.45) is 0 Å². The summed E-state index contributed by atoms with van der Waals surface area (Å²) in [6, 6.07) is 13.7. The first-order chi connectivity index (χ1) is 12.7. The summed E-state index contributed by atoms with van der Waals surface area (Å²) >= 11 is 6.32. The molecule has 2 heterocycles. The van der Waals surface area contributed by atoms with Gasteiger partial charge in [0.1, 0.15) is 6.07 Å². The Labute approximate surface area is 157 Å². The Morgan fingerprint density at radius 3 is 2.73 bits per heavy atom. The van der Waals surface area contributed by atoms with Gasteiger partial charge in [0.15, 0.2) is 11.5 Å². The summed E-state index contributed by atoms with van der Waals surface area (Å²) in [6.07, 6.45) is 1.76. The number of para-hydroxylation sites is 1. The zero-order valence-electron chi connectivity index (χ0n) is 14.3. The van der Waals surface area contributed by atoms with Crippen LogP contribution in [0.15, 0.2) is 36.4 Å². The summed E-state index contributed by atoms with van der Waals surface area (Å²) < 4.78 is 16.6. The van der Waals surface area contributed by atoms with Gasteiger partial charge in [0.25, 0.3) is 0 Å². The molecule has 26 heavy (non-hydrogen) atoms. The Morgan fingerprint density at radius 1 is 1.12 bits per heavy atom. The minimum atomic E-state index is -0.120. The minimum Gasteiger partial charge on any atom is -0.454 e. The summed E-state index contributed by atoms with van der Waals surface area (Å²) in [5, 5.41) is 13.3. The number of fused-ring (bicyclic) bond motifs is 1. The van der Waals surface area contributed by atoms with Gasteiger partial charge in [-0.3, -0.25) is 0 Å². The molecule has 1 saturated heterocycles. The molecule has 0 aliphatic carbocycles. The van der Waals surface area contributed by atoms with Crippen LogP contribution in [0.2, 0.25) is 5.02 Å². The number of benzene rings is 2. The zero-order chi connectivity index (χ0) is 18.0. The van der Waals surface area contributed by atoms with Gasteiger partial charge < -0.3 is 19.5 Å². The van der Waals surface area contributed by atoms with E-state index in [1.54, 1.807) is 18.2 Å². The molecule has 0 spiro atoms. The highest BCUT2D eigenvalue weighted by Gasteiger charge is 2.36. The van der Waals surface area contributed by atoms with E-state index in [9.17, 15) is 5.26 Å². The van der Waals surface area contributed by atoms with E-state index >= 15 is 0 Å². The summed E-state index contributed by atoms with van der Waals surface area (Å²) in [4.78, 5) is 0. The molecule has 4 rings (SSSR count). The number of halogens is 1. The molecule has 6 heteroatoms. The van der Waals surface area contributed by atoms with Gasteiger partial charge in [0.05, 0.1) is 16.3 Å². The van der Waals surface area contributed by atoms with Gasteiger partial charge in [-0.05, 0) is 42.7 Å². The van der Waals surface area contributed by atoms with Gasteiger partial charge in [-0.2, -0.15) is 5.26 Å². The number of nitrogens with one attached hydrogen (secondary N) is 1. The predicted molar refractivity (Wildman–Crippen MR) is 99.0 cm³/mol. The smallest absolute Gasteiger partial charge is 0.231 e. The van der Waals surface area contributed by atoms with Crippen molar-refractivity contribution in [2.75, 3.05) is 31.9 Å². The third kappa shape index (κ3) is 3.07. The van der Waals surface area contributed by atoms with Crippen molar-refractivity contribution in [3.8, 4) is 17.6 Å². The van der Waals surface area contributed by atoms with Crippen LogP contribution in [0.1, 0.15) is 24.0 Å². The van der Waals surface area contributed by atoms with Crippen molar-refractivity contribution >= 4 is 17.3 Å². The van der Waals surface area contributed by atoms with Gasteiger partial charge in [0, 0.05) is 25.2 Å². The van der Waals surface area contributed by atoms with Crippen LogP contribution in [0.3, 0.4) is 0 Å². The van der Waals surface area contributed by atoms with E-state index in [0.717, 1.165) is 24.3 Å². The maximum Gasteiger partial charge on any atom is 0.231 e. The molecule has 0 amide bonds. The second-order valence-corrected chi connectivity index (χ2v) is 7.00. The van der Waals surface area contributed by atoms with Crippen LogP contribution < -0.4 is 14.8 Å². The standard InChI is InChI=1S/C20H19ClN2O3/c21-16-3-1-2-14(11-22)19(16)23-12-20(6-8-24-9-7-20)15-4-5-17-18(10-15)26-13-25-17/h1-5,10,23H,6-9,12-13H2. The van der Waals surface area contributed by atoms with Crippen LogP contribution in [-0.2, 0) is 10.2 Å². The molecule has 2 aliphatic heterocycles. The molecular weight excluding hydrogens is 352 g/mol. The average Bonchev–Trinajstić information content (AvgIpc) is 3.15. The van der Waals surface area contributed by atoms with E-state index < -0.39 is 0 Å². The lowest BCUT2D eigenvalue weighted by Crippen LogP contribution is -2.40. The number of rotatable bonds is 4. The van der Waals surface area contributed by atoms with Gasteiger partial charge >= 0.3 is 0 Å². The average molecular weight is 371 g/mol. The number of ether oxygens (including phenoxy) is 3. The van der Waals surface area contributed by atoms with Crippen molar-refractivity contribution in [2.45, 2.75) is 18.3 Å². The molecular formula is C20H19ClN2O3. The summed E-state index contributed by atoms with van der Waals surface area (Å²) in [5.41, 5.74) is 2.29. The van der Waals surface area contributed by atoms with E-state index in [1.807, 2.05) is 6.07 Å². The summed E-state index contributed by atoms with van der Waals surface area (Å²) in [7, 11) is 0. The number of anilines is 1. The SMILES string of the molecule is N#Cc1cccc(Cl)c1NCC1(c2ccc3c(c2)OCO3)CCOCC1. The van der Waals surface area contributed by atoms with Gasteiger partial charge in [-0.1, -0.05) is 23.7 Å². The Kier molecular flexibility index (Phi) is 4.62. The maximum absolute atomic E-state index is 9.37. The molecule has 134 valence electrons. The third-order valence-corrected chi connectivity index (χ3v) is 5.49. The molecule has 0 unspecified atom stereocenters. The second kappa shape index (κ2) is 7.06. The van der Waals surface area contributed by atoms with Crippen LogP contribution in [0.5, 0.6) is 11.5 Å². The number of nitriles is 1. The molecule has 2 aromatic carbocycles. The van der Waals surface area contributed by atoms with Gasteiger partial charge in [-0.15, -0.1) is 0 Å². The number of hydrogen-bond donors (Lipinski definition) is 1. The highest BCUT2D eigenvalue weighted by Crippen LogP contribution is 2.41. The predicted octanol–water partition coefficient (Wildman–Crippen LogP) is 4.10. The lowest BCUT2D eigenvalue weighted by molar-refractivity contribution is 0.0543. The first-order valence-electron chi connectivity index (χ1n) is 8.62. The number of hydrogen-bond acceptors (Lipinski definition) is 5. The Morgan fingerprint density at radius 2 is 1.92 bits per heavy atom. The fraction of sp³-hybridized carbons (Fsp3) is 0.350. The molecule has 2 aromatic rings. The molecule has 0 aromatic heterocycles. The lowest BCUT2D eigenvalue weighted by Gasteiger charge is -2.38. The van der Waals surface area contributed by atoms with Crippen molar-refractivity contribution in [3.63, 3.8) is 0 Å². The van der Waals surface area contributed by atoms with Crippen molar-refractivity contribution in [1.29, 1.82) is 5.26 Å². The first-order valence-corrected chi connectivity index (χ1v) is 9.00. The molecule has 2 aliphatic rings. The fourth-order valence-corrected chi connectivity index (χ4v) is 3.85. The van der Waals surface area contributed by atoms with E-state index in [1.165, 1.54) is 5.56 Å². The van der Waals surface area contributed by atoms with Crippen LogP contribution >= 0.6 is 11.6 Å². The number of nitrogens with zero attached hydrogens (tertiary/aromatic N) is 1. The van der Waals surface area contributed by atoms with Crippen LogP contribution in [0, 0.1) is 11.3 Å². The van der Waals surface area contributed by atoms with Gasteiger partial charge in [-0.25, -0.2) is 0 Å². The Balaban J connectivity index is 1.65. The Hall–Kier alpha value is -2.42. The maximum atomic E-state index is 9.37. The molecule has 0 atom stereocenters. The highest BCUT2D eigenvalue weighted by molar-refractivity contribution is 6.33. The van der Waals surface area contributed by atoms with Gasteiger partial charge in [0.2, 0.25) is 6.79 Å². The van der Waals surface area contributed by atoms with Crippen molar-refractivity contribution < 1.29 is 14.2 Å². The second-order valence-electron chi connectivity index (χ2n) is 6.59. The topological polar surface area (TPSA) is 63.5 Å². The molecule has 5 nitrogen and oxygen atoms in total. The van der Waals surface area contributed by atoms with Crippen molar-refractivity contribution in [3.05, 3.63) is 52.5 Å². The lowest BCUT2D eigenvalue weighted by atomic mass is 9.74. The minimum absolute atomic E-state index is 0.120. The van der Waals surface area contributed by atoms with E-state index in [2.05, 4.69) is 23.5 Å². The largest absolute Gasteiger partial charge is 0.454 e. The first kappa shape index (κ1) is 17.0. The third-order valence-electron chi connectivity index (χ3n) is 5.17. The van der Waals surface area contributed by atoms with Crippen LogP contribution in [-0.4, -0.2) is 26.6 Å². The van der Waals surface area contributed by atoms with E-state index in [4.69, 9.17) is 25.8 Å². The zero-order valence-corrected chi connectivity index (χ0v) is 15.0. The highest BCUT2D eigenvalue weighted by atomic mass is 35.5. The van der Waals surface area contributed by atoms with Crippen LogP contribution in [0.25, 0.3) is 0 Å². The summed E-state index contributed by atoms with van der Waals surface area (Å²) in [5.74, 6) is 1.56. The van der Waals surface area contributed by atoms with Crippen molar-refractivity contribution in [1.82, 2.24) is 0 Å². The summed E-state index contributed by atoms with van der Waals surface area (Å²) in [6.45, 7) is 2.32. The molecule has 0 bridgehead atoms. The quantitative estimate of drug-likeness (QED) is 0.877.